The van der Waals surface area contributed by atoms with E-state index in [0.717, 1.165) is 28.1 Å². The van der Waals surface area contributed by atoms with Crippen LogP contribution in [0.4, 0.5) is 5.82 Å². The highest BCUT2D eigenvalue weighted by Crippen LogP contribution is 2.28. The molecule has 1 aliphatic rings. The number of amides is 1. The van der Waals surface area contributed by atoms with E-state index in [1.807, 2.05) is 29.6 Å². The van der Waals surface area contributed by atoms with Gasteiger partial charge in [0.25, 0.3) is 0 Å². The molecule has 4 heterocycles. The predicted molar refractivity (Wildman–Crippen MR) is 90.3 cm³/mol. The van der Waals surface area contributed by atoms with Crippen LogP contribution in [0.5, 0.6) is 0 Å². The zero-order valence-corrected chi connectivity index (χ0v) is 13.1. The smallest absolute Gasteiger partial charge is 0.220 e. The Kier molecular flexibility index (Phi) is 3.63. The lowest BCUT2D eigenvalue weighted by Gasteiger charge is -2.13. The van der Waals surface area contributed by atoms with E-state index in [-0.39, 0.29) is 11.9 Å². The molecule has 6 nitrogen and oxygen atoms in total. The Morgan fingerprint density at radius 3 is 3.04 bits per heavy atom. The topological polar surface area (TPSA) is 79.8 Å². The number of hydrogen-bond acceptors (Lipinski definition) is 6. The van der Waals surface area contributed by atoms with Gasteiger partial charge in [0.2, 0.25) is 5.91 Å². The Hall–Kier alpha value is -2.54. The molecule has 2 N–H and O–H groups in total. The van der Waals surface area contributed by atoms with Crippen LogP contribution < -0.4 is 10.6 Å². The minimum absolute atomic E-state index is 0.120. The second-order valence-corrected chi connectivity index (χ2v) is 6.33. The fourth-order valence-corrected chi connectivity index (χ4v) is 3.41. The van der Waals surface area contributed by atoms with E-state index < -0.39 is 0 Å². The quantitative estimate of drug-likeness (QED) is 0.770. The van der Waals surface area contributed by atoms with Crippen molar-refractivity contribution in [1.29, 1.82) is 0 Å². The third-order valence-electron chi connectivity index (χ3n) is 3.82. The van der Waals surface area contributed by atoms with Gasteiger partial charge in [-0.1, -0.05) is 6.07 Å². The summed E-state index contributed by atoms with van der Waals surface area (Å²) in [5, 5.41) is 9.32. The molecule has 1 saturated heterocycles. The van der Waals surface area contributed by atoms with Crippen molar-refractivity contribution in [1.82, 2.24) is 20.3 Å². The third kappa shape index (κ3) is 2.87. The first-order valence-electron chi connectivity index (χ1n) is 7.49. The third-order valence-corrected chi connectivity index (χ3v) is 4.63. The lowest BCUT2D eigenvalue weighted by atomic mass is 10.2. The number of nitrogens with zero attached hydrogens (tertiary/aromatic N) is 3. The van der Waals surface area contributed by atoms with Gasteiger partial charge in [-0.2, -0.15) is 0 Å². The van der Waals surface area contributed by atoms with E-state index in [9.17, 15) is 4.79 Å². The van der Waals surface area contributed by atoms with Gasteiger partial charge in [-0.3, -0.25) is 9.78 Å². The van der Waals surface area contributed by atoms with Gasteiger partial charge in [0.1, 0.15) is 16.3 Å². The van der Waals surface area contributed by atoms with Crippen molar-refractivity contribution >= 4 is 33.3 Å². The maximum atomic E-state index is 11.3. The minimum Gasteiger partial charge on any atom is -0.367 e. The number of fused-ring (bicyclic) bond motifs is 1. The molecule has 0 aromatic carbocycles. The molecule has 4 rings (SSSR count). The van der Waals surface area contributed by atoms with Crippen molar-refractivity contribution in [2.45, 2.75) is 18.9 Å². The van der Waals surface area contributed by atoms with Crippen LogP contribution in [-0.2, 0) is 4.79 Å². The van der Waals surface area contributed by atoms with Gasteiger partial charge < -0.3 is 10.6 Å². The Morgan fingerprint density at radius 2 is 2.26 bits per heavy atom. The van der Waals surface area contributed by atoms with E-state index in [2.05, 4.69) is 25.6 Å². The average Bonchev–Trinajstić information content (AvgIpc) is 3.22. The Bertz CT molecular complexity index is 848. The van der Waals surface area contributed by atoms with Crippen LogP contribution in [0.3, 0.4) is 0 Å². The lowest BCUT2D eigenvalue weighted by Crippen LogP contribution is -2.32. The molecule has 3 aromatic rings. The maximum Gasteiger partial charge on any atom is 0.220 e. The Labute approximate surface area is 137 Å². The minimum atomic E-state index is 0.120. The zero-order valence-electron chi connectivity index (χ0n) is 12.3. The maximum absolute atomic E-state index is 11.3. The summed E-state index contributed by atoms with van der Waals surface area (Å²) in [7, 11) is 0. The molecule has 1 aliphatic heterocycles. The molecule has 116 valence electrons. The van der Waals surface area contributed by atoms with Gasteiger partial charge in [-0.15, -0.1) is 11.3 Å². The Balaban J connectivity index is 1.65. The van der Waals surface area contributed by atoms with E-state index in [1.165, 1.54) is 0 Å². The molecule has 1 amide bonds. The lowest BCUT2D eigenvalue weighted by molar-refractivity contribution is -0.119. The number of rotatable bonds is 4. The summed E-state index contributed by atoms with van der Waals surface area (Å²) in [4.78, 5) is 25.8. The van der Waals surface area contributed by atoms with Crippen LogP contribution >= 0.6 is 11.3 Å². The zero-order chi connectivity index (χ0) is 15.6. The summed E-state index contributed by atoms with van der Waals surface area (Å²) >= 11 is 1.58. The molecule has 0 radical (unpaired) electrons. The number of thiophene rings is 1. The van der Waals surface area contributed by atoms with Crippen molar-refractivity contribution in [3.8, 4) is 11.5 Å². The van der Waals surface area contributed by atoms with Crippen molar-refractivity contribution in [3.63, 3.8) is 0 Å². The summed E-state index contributed by atoms with van der Waals surface area (Å²) in [6, 6.07) is 7.86. The number of pyridine rings is 1. The van der Waals surface area contributed by atoms with Crippen LogP contribution in [-0.4, -0.2) is 33.4 Å². The molecule has 0 bridgehead atoms. The fourth-order valence-electron chi connectivity index (χ4n) is 2.65. The highest BCUT2D eigenvalue weighted by Gasteiger charge is 2.21. The van der Waals surface area contributed by atoms with Gasteiger partial charge in [-0.25, -0.2) is 9.97 Å². The summed E-state index contributed by atoms with van der Waals surface area (Å²) in [6.07, 6.45) is 3.19. The van der Waals surface area contributed by atoms with Gasteiger partial charge in [-0.05, 0) is 30.0 Å². The van der Waals surface area contributed by atoms with E-state index in [4.69, 9.17) is 0 Å². The molecule has 0 saturated carbocycles. The summed E-state index contributed by atoms with van der Waals surface area (Å²) in [5.74, 6) is 1.52. The van der Waals surface area contributed by atoms with E-state index in [0.29, 0.717) is 18.8 Å². The van der Waals surface area contributed by atoms with Crippen LogP contribution in [0.2, 0.25) is 0 Å². The first kappa shape index (κ1) is 14.1. The van der Waals surface area contributed by atoms with Gasteiger partial charge in [0, 0.05) is 25.2 Å². The monoisotopic (exact) mass is 325 g/mol. The number of nitrogens with one attached hydrogen (secondary N) is 2. The number of aromatic nitrogens is 3. The normalized spacial score (nSPS) is 17.4. The largest absolute Gasteiger partial charge is 0.367 e. The van der Waals surface area contributed by atoms with Crippen LogP contribution in [0, 0.1) is 0 Å². The molecule has 23 heavy (non-hydrogen) atoms. The molecule has 0 spiro atoms. The molecular formula is C16H15N5OS. The number of carbonyl (C=O) groups excluding carboxylic acids is 1. The SMILES string of the molecule is O=C1CC[C@H](CNc2nc(-c3ccccn3)nc3sccc23)N1. The standard InChI is InChI=1S/C16H15N5OS/c22-13-5-4-10(19-13)9-18-14-11-6-8-23-16(11)21-15(20-14)12-3-1-2-7-17-12/h1-3,6-8,10H,4-5,9H2,(H,19,22)(H,18,20,21)/t10-/m1/s1. The van der Waals surface area contributed by atoms with Crippen molar-refractivity contribution < 1.29 is 4.79 Å². The second-order valence-electron chi connectivity index (χ2n) is 5.43. The van der Waals surface area contributed by atoms with Crippen molar-refractivity contribution in [2.75, 3.05) is 11.9 Å². The van der Waals surface area contributed by atoms with Gasteiger partial charge >= 0.3 is 0 Å². The molecule has 3 aromatic heterocycles. The second kappa shape index (κ2) is 5.92. The van der Waals surface area contributed by atoms with Crippen molar-refractivity contribution in [3.05, 3.63) is 35.8 Å². The van der Waals surface area contributed by atoms with Gasteiger partial charge in [0.05, 0.1) is 5.39 Å². The number of anilines is 1. The molecule has 0 unspecified atom stereocenters. The first-order chi connectivity index (χ1) is 11.3. The summed E-state index contributed by atoms with van der Waals surface area (Å²) in [6.45, 7) is 0.662. The van der Waals surface area contributed by atoms with Crippen molar-refractivity contribution in [2.24, 2.45) is 0 Å². The van der Waals surface area contributed by atoms with Crippen LogP contribution in [0.15, 0.2) is 35.8 Å². The predicted octanol–water partition coefficient (Wildman–Crippen LogP) is 2.44. The fraction of sp³-hybridized carbons (Fsp3) is 0.250. The summed E-state index contributed by atoms with van der Waals surface area (Å²) < 4.78 is 0. The highest BCUT2D eigenvalue weighted by atomic mass is 32.1. The molecule has 0 aliphatic carbocycles. The summed E-state index contributed by atoms with van der Waals surface area (Å²) in [5.41, 5.74) is 0.750. The number of carbonyl (C=O) groups is 1. The average molecular weight is 325 g/mol. The van der Waals surface area contributed by atoms with Gasteiger partial charge in [0.15, 0.2) is 5.82 Å². The highest BCUT2D eigenvalue weighted by molar-refractivity contribution is 7.16. The first-order valence-corrected chi connectivity index (χ1v) is 8.37. The molecule has 1 atom stereocenters. The molecular weight excluding hydrogens is 310 g/mol. The van der Waals surface area contributed by atoms with E-state index in [1.54, 1.807) is 17.5 Å². The Morgan fingerprint density at radius 1 is 1.30 bits per heavy atom. The molecule has 7 heteroatoms. The number of hydrogen-bond donors (Lipinski definition) is 2. The van der Waals surface area contributed by atoms with E-state index >= 15 is 0 Å². The van der Waals surface area contributed by atoms with Crippen LogP contribution in [0.1, 0.15) is 12.8 Å². The van der Waals surface area contributed by atoms with Crippen LogP contribution in [0.25, 0.3) is 21.7 Å². The molecule has 1 fully saturated rings.